The van der Waals surface area contributed by atoms with Crippen LogP contribution in [0.15, 0.2) is 24.4 Å². The van der Waals surface area contributed by atoms with Crippen molar-refractivity contribution in [2.24, 2.45) is 5.92 Å². The van der Waals surface area contributed by atoms with E-state index >= 15 is 0 Å². The van der Waals surface area contributed by atoms with Crippen molar-refractivity contribution in [1.82, 2.24) is 25.1 Å². The van der Waals surface area contributed by atoms with Crippen LogP contribution in [0.1, 0.15) is 42.1 Å². The number of alkyl halides is 3. The van der Waals surface area contributed by atoms with Gasteiger partial charge in [0.05, 0.1) is 17.3 Å². The molecule has 6 rings (SSSR count). The minimum absolute atomic E-state index is 0.386. The van der Waals surface area contributed by atoms with Gasteiger partial charge in [-0.2, -0.15) is 18.3 Å². The first-order chi connectivity index (χ1) is 17.4. The second kappa shape index (κ2) is 9.25. The third-order valence-corrected chi connectivity index (χ3v) is 7.43. The highest BCUT2D eigenvalue weighted by atomic mass is 19.4. The monoisotopic (exact) mass is 518 g/mol. The Kier molecular flexibility index (Phi) is 6.35. The van der Waals surface area contributed by atoms with Gasteiger partial charge in [-0.3, -0.25) is 0 Å². The molecule has 0 radical (unpaired) electrons. The van der Waals surface area contributed by atoms with Crippen LogP contribution in [0.3, 0.4) is 0 Å². The lowest BCUT2D eigenvalue weighted by atomic mass is 9.87. The average molecular weight is 519 g/mol. The molecule has 3 N–H and O–H groups in total. The summed E-state index contributed by atoms with van der Waals surface area (Å²) < 4.78 is 33.7. The van der Waals surface area contributed by atoms with Gasteiger partial charge in [-0.25, -0.2) is 19.4 Å². The Hall–Kier alpha value is -3.25. The van der Waals surface area contributed by atoms with Gasteiger partial charge in [0.2, 0.25) is 0 Å². The van der Waals surface area contributed by atoms with Crippen molar-refractivity contribution >= 4 is 22.7 Å². The fourth-order valence-corrected chi connectivity index (χ4v) is 5.40. The zero-order chi connectivity index (χ0) is 26.5. The summed E-state index contributed by atoms with van der Waals surface area (Å²) in [6, 6.07) is 6.59. The fourth-order valence-electron chi connectivity index (χ4n) is 5.40. The van der Waals surface area contributed by atoms with E-state index in [1.54, 1.807) is 0 Å². The molecule has 1 saturated carbocycles. The number of piperidine rings is 2. The average Bonchev–Trinajstić information content (AvgIpc) is 3.14. The number of aryl methyl sites for hydroxylation is 2. The minimum Gasteiger partial charge on any atom is -0.475 e. The Bertz CT molecular complexity index is 1340. The smallest absolute Gasteiger partial charge is 0.475 e. The quantitative estimate of drug-likeness (QED) is 0.485. The number of benzene rings is 1. The van der Waals surface area contributed by atoms with Crippen LogP contribution in [-0.2, 0) is 4.79 Å². The molecule has 9 nitrogen and oxygen atoms in total. The molecule has 3 fully saturated rings. The zero-order valence-electron chi connectivity index (χ0n) is 20.6. The van der Waals surface area contributed by atoms with E-state index in [0.717, 1.165) is 54.4 Å². The van der Waals surface area contributed by atoms with Gasteiger partial charge in [0.1, 0.15) is 11.6 Å². The number of halogens is 3. The Morgan fingerprint density at radius 1 is 1.14 bits per heavy atom. The van der Waals surface area contributed by atoms with Gasteiger partial charge in [-0.05, 0) is 75.4 Å². The minimum atomic E-state index is -5.08. The molecular formula is C25H29F3N6O3. The van der Waals surface area contributed by atoms with Gasteiger partial charge in [0.15, 0.2) is 5.82 Å². The zero-order valence-corrected chi connectivity index (χ0v) is 20.6. The van der Waals surface area contributed by atoms with E-state index in [4.69, 9.17) is 14.9 Å². The standard InChI is InChI=1S/C23H28N6O.C2HF3O2/c1-14-7-17-11-25-29(20(17)8-19(14)16-3-5-24-6-4-16)22-9-21(26-15(2)27-22)28-12-18-10-23(18,30)13-28;3-2(4,5)1(6)7/h7-9,11,16,18,24,30H,3-6,10,12-13H2,1-2H3;(H,6,7). The summed E-state index contributed by atoms with van der Waals surface area (Å²) >= 11 is 0. The highest BCUT2D eigenvalue weighted by molar-refractivity contribution is 5.82. The molecular weight excluding hydrogens is 489 g/mol. The number of aliphatic hydroxyl groups is 1. The molecule has 0 spiro atoms. The van der Waals surface area contributed by atoms with Crippen molar-refractivity contribution in [2.75, 3.05) is 31.1 Å². The van der Waals surface area contributed by atoms with Gasteiger partial charge < -0.3 is 20.4 Å². The van der Waals surface area contributed by atoms with E-state index < -0.39 is 17.7 Å². The molecule has 0 bridgehead atoms. The Balaban J connectivity index is 0.000000355. The number of hydrogen-bond donors (Lipinski definition) is 3. The maximum absolute atomic E-state index is 10.6. The van der Waals surface area contributed by atoms with Crippen molar-refractivity contribution in [3.05, 3.63) is 41.3 Å². The number of carbonyl (C=O) groups is 1. The number of rotatable bonds is 3. The summed E-state index contributed by atoms with van der Waals surface area (Å²) in [5, 5.41) is 26.9. The first kappa shape index (κ1) is 25.4. The molecule has 12 heteroatoms. The van der Waals surface area contributed by atoms with Crippen LogP contribution >= 0.6 is 0 Å². The van der Waals surface area contributed by atoms with Crippen molar-refractivity contribution < 1.29 is 28.2 Å². The number of aliphatic carboxylic acids is 1. The lowest BCUT2D eigenvalue weighted by molar-refractivity contribution is -0.192. The number of hydrogen-bond acceptors (Lipinski definition) is 7. The molecule has 1 aromatic carbocycles. The number of nitrogens with zero attached hydrogens (tertiary/aromatic N) is 5. The molecule has 1 aliphatic carbocycles. The number of nitrogens with one attached hydrogen (secondary N) is 1. The molecule has 198 valence electrons. The highest BCUT2D eigenvalue weighted by Crippen LogP contribution is 2.50. The lowest BCUT2D eigenvalue weighted by Crippen LogP contribution is -2.28. The summed E-state index contributed by atoms with van der Waals surface area (Å²) in [4.78, 5) is 20.4. The van der Waals surface area contributed by atoms with Crippen LogP contribution in [0.25, 0.3) is 16.7 Å². The van der Waals surface area contributed by atoms with E-state index in [0.29, 0.717) is 18.4 Å². The van der Waals surface area contributed by atoms with Crippen LogP contribution < -0.4 is 10.2 Å². The summed E-state index contributed by atoms with van der Waals surface area (Å²) in [5.41, 5.74) is 3.37. The predicted octanol–water partition coefficient (Wildman–Crippen LogP) is 3.10. The van der Waals surface area contributed by atoms with E-state index in [1.807, 2.05) is 23.9 Å². The summed E-state index contributed by atoms with van der Waals surface area (Å²) in [5.74, 6) is 0.626. The fraction of sp³-hybridized carbons (Fsp3) is 0.520. The maximum atomic E-state index is 10.6. The first-order valence-electron chi connectivity index (χ1n) is 12.3. The van der Waals surface area contributed by atoms with Gasteiger partial charge in [0.25, 0.3) is 0 Å². The summed E-state index contributed by atoms with van der Waals surface area (Å²) in [6.07, 6.45) is 0.120. The Morgan fingerprint density at radius 3 is 2.43 bits per heavy atom. The molecule has 2 atom stereocenters. The van der Waals surface area contributed by atoms with Gasteiger partial charge in [-0.15, -0.1) is 0 Å². The normalized spacial score (nSPS) is 23.5. The number of β-amino-alcohol motifs (C(OH)–C–C–N with tert-alkyl or cyclic N) is 1. The number of carboxylic acid groups (broad SMARTS) is 1. The third-order valence-electron chi connectivity index (χ3n) is 7.43. The molecule has 3 aliphatic rings. The molecule has 2 aliphatic heterocycles. The van der Waals surface area contributed by atoms with Crippen molar-refractivity contribution in [1.29, 1.82) is 0 Å². The number of anilines is 1. The summed E-state index contributed by atoms with van der Waals surface area (Å²) in [7, 11) is 0. The van der Waals surface area contributed by atoms with Crippen LogP contribution in [0.4, 0.5) is 19.0 Å². The van der Waals surface area contributed by atoms with Gasteiger partial charge >= 0.3 is 12.1 Å². The van der Waals surface area contributed by atoms with Crippen LogP contribution in [-0.4, -0.2) is 73.9 Å². The van der Waals surface area contributed by atoms with E-state index in [-0.39, 0.29) is 0 Å². The lowest BCUT2D eigenvalue weighted by Gasteiger charge is -2.24. The second-order valence-corrected chi connectivity index (χ2v) is 10.2. The predicted molar refractivity (Wildman–Crippen MR) is 130 cm³/mol. The molecule has 2 saturated heterocycles. The van der Waals surface area contributed by atoms with E-state index in [1.165, 1.54) is 24.0 Å². The van der Waals surface area contributed by atoms with Crippen LogP contribution in [0.5, 0.6) is 0 Å². The number of aromatic nitrogens is 4. The largest absolute Gasteiger partial charge is 0.490 e. The first-order valence-corrected chi connectivity index (χ1v) is 12.3. The molecule has 3 aromatic rings. The topological polar surface area (TPSA) is 116 Å². The van der Waals surface area contributed by atoms with Crippen molar-refractivity contribution in [3.8, 4) is 5.82 Å². The second-order valence-electron chi connectivity index (χ2n) is 10.2. The maximum Gasteiger partial charge on any atom is 0.490 e. The molecule has 0 amide bonds. The molecule has 4 heterocycles. The molecule has 2 aromatic heterocycles. The molecule has 2 unspecified atom stereocenters. The van der Waals surface area contributed by atoms with Crippen molar-refractivity contribution in [3.63, 3.8) is 0 Å². The summed E-state index contributed by atoms with van der Waals surface area (Å²) in [6.45, 7) is 7.83. The SMILES string of the molecule is Cc1nc(N2CC3CC3(O)C2)cc(-n2ncc3cc(C)c(C4CCNCC4)cc32)n1.O=C(O)C(F)(F)F. The number of fused-ring (bicyclic) bond motifs is 2. The van der Waals surface area contributed by atoms with Gasteiger partial charge in [0, 0.05) is 30.5 Å². The number of carboxylic acids is 1. The Morgan fingerprint density at radius 2 is 1.81 bits per heavy atom. The van der Waals surface area contributed by atoms with Gasteiger partial charge in [-0.1, -0.05) is 0 Å². The van der Waals surface area contributed by atoms with E-state index in [2.05, 4.69) is 39.4 Å². The van der Waals surface area contributed by atoms with Crippen LogP contribution in [0.2, 0.25) is 0 Å². The Labute approximate surface area is 211 Å². The highest BCUT2D eigenvalue weighted by Gasteiger charge is 2.59. The van der Waals surface area contributed by atoms with Crippen LogP contribution in [0, 0.1) is 19.8 Å². The van der Waals surface area contributed by atoms with Crippen molar-refractivity contribution in [2.45, 2.75) is 50.8 Å². The third kappa shape index (κ3) is 5.12. The molecule has 37 heavy (non-hydrogen) atoms. The van der Waals surface area contributed by atoms with E-state index in [9.17, 15) is 18.3 Å².